The Kier molecular flexibility index (Phi) is 3.59. The minimum atomic E-state index is 0.771. The Bertz CT molecular complexity index is 335. The van der Waals surface area contributed by atoms with Gasteiger partial charge in [-0.15, -0.1) is 12.3 Å². The molecule has 0 atom stereocenters. The highest BCUT2D eigenvalue weighted by atomic mass is 14.9. The minimum absolute atomic E-state index is 0.771. The second-order valence-corrected chi connectivity index (χ2v) is 3.65. The van der Waals surface area contributed by atoms with Crippen molar-refractivity contribution >= 4 is 5.69 Å². The average Bonchev–Trinajstić information content (AvgIpc) is 2.09. The van der Waals surface area contributed by atoms with Gasteiger partial charge in [-0.25, -0.2) is 0 Å². The zero-order valence-electron chi connectivity index (χ0n) is 9.15. The van der Waals surface area contributed by atoms with E-state index in [-0.39, 0.29) is 0 Å². The predicted molar refractivity (Wildman–Crippen MR) is 62.6 cm³/mol. The molecular formula is C13H17N. The molecule has 1 aromatic carbocycles. The van der Waals surface area contributed by atoms with Gasteiger partial charge in [0.1, 0.15) is 0 Å². The second kappa shape index (κ2) is 4.72. The van der Waals surface area contributed by atoms with E-state index in [4.69, 9.17) is 6.42 Å². The number of terminal acetylenes is 1. The monoisotopic (exact) mass is 187 g/mol. The minimum Gasteiger partial charge on any atom is -0.384 e. The van der Waals surface area contributed by atoms with Crippen LogP contribution in [0.1, 0.15) is 23.1 Å². The topological polar surface area (TPSA) is 12.0 Å². The van der Waals surface area contributed by atoms with Crippen molar-refractivity contribution in [3.63, 3.8) is 0 Å². The van der Waals surface area contributed by atoms with E-state index < -0.39 is 0 Å². The Morgan fingerprint density at radius 2 is 1.79 bits per heavy atom. The van der Waals surface area contributed by atoms with Gasteiger partial charge in [-0.2, -0.15) is 0 Å². The van der Waals surface area contributed by atoms with Crippen molar-refractivity contribution in [3.8, 4) is 12.3 Å². The highest BCUT2D eigenvalue weighted by molar-refractivity contribution is 5.58. The molecule has 0 unspecified atom stereocenters. The van der Waals surface area contributed by atoms with E-state index in [2.05, 4.69) is 44.1 Å². The number of anilines is 1. The summed E-state index contributed by atoms with van der Waals surface area (Å²) in [7, 11) is 0. The van der Waals surface area contributed by atoms with Crippen molar-refractivity contribution in [2.24, 2.45) is 0 Å². The molecule has 0 aliphatic carbocycles. The zero-order chi connectivity index (χ0) is 10.6. The largest absolute Gasteiger partial charge is 0.384 e. The lowest BCUT2D eigenvalue weighted by molar-refractivity contribution is 1.08. The van der Waals surface area contributed by atoms with Crippen LogP contribution < -0.4 is 5.32 Å². The fourth-order valence-electron chi connectivity index (χ4n) is 1.72. The lowest BCUT2D eigenvalue weighted by Crippen LogP contribution is -2.04. The van der Waals surface area contributed by atoms with E-state index >= 15 is 0 Å². The van der Waals surface area contributed by atoms with Gasteiger partial charge in [-0.3, -0.25) is 0 Å². The van der Waals surface area contributed by atoms with E-state index in [1.165, 1.54) is 22.4 Å². The molecule has 74 valence electrons. The number of benzene rings is 1. The first-order valence-corrected chi connectivity index (χ1v) is 4.90. The van der Waals surface area contributed by atoms with Gasteiger partial charge in [0.2, 0.25) is 0 Å². The highest BCUT2D eigenvalue weighted by Crippen LogP contribution is 2.21. The third kappa shape index (κ3) is 2.53. The fraction of sp³-hybridized carbons (Fsp3) is 0.385. The van der Waals surface area contributed by atoms with Gasteiger partial charge in [0, 0.05) is 18.7 Å². The van der Waals surface area contributed by atoms with Crippen LogP contribution in [0.2, 0.25) is 0 Å². The van der Waals surface area contributed by atoms with E-state index in [1.807, 2.05) is 0 Å². The summed E-state index contributed by atoms with van der Waals surface area (Å²) in [6.45, 7) is 7.21. The van der Waals surface area contributed by atoms with Gasteiger partial charge in [0.05, 0.1) is 0 Å². The molecule has 0 aliphatic rings. The number of rotatable bonds is 3. The van der Waals surface area contributed by atoms with Crippen LogP contribution in [0.25, 0.3) is 0 Å². The summed E-state index contributed by atoms with van der Waals surface area (Å²) >= 11 is 0. The molecule has 0 radical (unpaired) electrons. The fourth-order valence-corrected chi connectivity index (χ4v) is 1.72. The Morgan fingerprint density at radius 3 is 2.29 bits per heavy atom. The first-order valence-electron chi connectivity index (χ1n) is 4.90. The Labute approximate surface area is 86.5 Å². The third-order valence-electron chi connectivity index (χ3n) is 2.25. The summed E-state index contributed by atoms with van der Waals surface area (Å²) in [6.07, 6.45) is 5.97. The van der Waals surface area contributed by atoms with Crippen molar-refractivity contribution in [1.29, 1.82) is 0 Å². The third-order valence-corrected chi connectivity index (χ3v) is 2.25. The summed E-state index contributed by atoms with van der Waals surface area (Å²) in [5.74, 6) is 2.63. The maximum absolute atomic E-state index is 5.20. The van der Waals surface area contributed by atoms with Gasteiger partial charge in [-0.1, -0.05) is 17.7 Å². The predicted octanol–water partition coefficient (Wildman–Crippen LogP) is 3.05. The molecule has 0 saturated carbocycles. The van der Waals surface area contributed by atoms with E-state index in [1.54, 1.807) is 0 Å². The average molecular weight is 187 g/mol. The maximum atomic E-state index is 5.20. The molecule has 0 aliphatic heterocycles. The Balaban J connectivity index is 2.81. The molecule has 14 heavy (non-hydrogen) atoms. The van der Waals surface area contributed by atoms with Gasteiger partial charge in [0.25, 0.3) is 0 Å². The van der Waals surface area contributed by atoms with E-state index in [0.717, 1.165) is 13.0 Å². The van der Waals surface area contributed by atoms with Gasteiger partial charge < -0.3 is 5.32 Å². The van der Waals surface area contributed by atoms with Crippen molar-refractivity contribution in [2.45, 2.75) is 27.2 Å². The number of hydrogen-bond acceptors (Lipinski definition) is 1. The molecule has 0 bridgehead atoms. The van der Waals surface area contributed by atoms with E-state index in [0.29, 0.717) is 0 Å². The summed E-state index contributed by atoms with van der Waals surface area (Å²) in [6, 6.07) is 4.37. The lowest BCUT2D eigenvalue weighted by atomic mass is 10.1. The molecule has 0 spiro atoms. The molecular weight excluding hydrogens is 170 g/mol. The summed E-state index contributed by atoms with van der Waals surface area (Å²) in [4.78, 5) is 0. The van der Waals surface area contributed by atoms with Crippen LogP contribution in [-0.4, -0.2) is 6.54 Å². The molecule has 1 N–H and O–H groups in total. The first kappa shape index (κ1) is 10.7. The van der Waals surface area contributed by atoms with Crippen LogP contribution in [0.5, 0.6) is 0 Å². The van der Waals surface area contributed by atoms with Crippen molar-refractivity contribution in [2.75, 3.05) is 11.9 Å². The molecule has 1 rings (SSSR count). The summed E-state index contributed by atoms with van der Waals surface area (Å²) in [5.41, 5.74) is 5.12. The van der Waals surface area contributed by atoms with Crippen molar-refractivity contribution < 1.29 is 0 Å². The number of nitrogens with one attached hydrogen (secondary N) is 1. The van der Waals surface area contributed by atoms with Gasteiger partial charge in [0.15, 0.2) is 0 Å². The van der Waals surface area contributed by atoms with Crippen LogP contribution in [0.3, 0.4) is 0 Å². The molecule has 0 amide bonds. The molecule has 0 heterocycles. The van der Waals surface area contributed by atoms with Crippen LogP contribution in [0.15, 0.2) is 12.1 Å². The molecule has 0 aromatic heterocycles. The summed E-state index contributed by atoms with van der Waals surface area (Å²) < 4.78 is 0. The van der Waals surface area contributed by atoms with Crippen molar-refractivity contribution in [3.05, 3.63) is 28.8 Å². The quantitative estimate of drug-likeness (QED) is 0.566. The number of hydrogen-bond donors (Lipinski definition) is 1. The standard InChI is InChI=1S/C13H17N/c1-5-6-7-14-13-11(3)8-10(2)9-12(13)4/h1,8-9,14H,6-7H2,2-4H3. The van der Waals surface area contributed by atoms with Crippen molar-refractivity contribution in [1.82, 2.24) is 0 Å². The Hall–Kier alpha value is -1.42. The number of aryl methyl sites for hydroxylation is 3. The summed E-state index contributed by atoms with van der Waals surface area (Å²) in [5, 5.41) is 3.37. The molecule has 0 fully saturated rings. The van der Waals surface area contributed by atoms with Crippen LogP contribution in [0, 0.1) is 33.1 Å². The molecule has 1 aromatic rings. The van der Waals surface area contributed by atoms with Crippen LogP contribution in [0.4, 0.5) is 5.69 Å². The SMILES string of the molecule is C#CCCNc1c(C)cc(C)cc1C. The zero-order valence-corrected chi connectivity index (χ0v) is 9.15. The van der Waals surface area contributed by atoms with Crippen LogP contribution in [-0.2, 0) is 0 Å². The molecule has 1 nitrogen and oxygen atoms in total. The van der Waals surface area contributed by atoms with Crippen LogP contribution >= 0.6 is 0 Å². The maximum Gasteiger partial charge on any atom is 0.0400 e. The second-order valence-electron chi connectivity index (χ2n) is 3.65. The Morgan fingerprint density at radius 1 is 1.21 bits per heavy atom. The lowest BCUT2D eigenvalue weighted by Gasteiger charge is -2.12. The van der Waals surface area contributed by atoms with Gasteiger partial charge in [-0.05, 0) is 31.9 Å². The molecule has 0 saturated heterocycles. The van der Waals surface area contributed by atoms with E-state index in [9.17, 15) is 0 Å². The van der Waals surface area contributed by atoms with Gasteiger partial charge >= 0.3 is 0 Å². The molecule has 1 heteroatoms. The smallest absolute Gasteiger partial charge is 0.0400 e. The highest BCUT2D eigenvalue weighted by Gasteiger charge is 2.01. The normalized spacial score (nSPS) is 9.57. The first-order chi connectivity index (χ1) is 6.65.